The molecule has 1 fully saturated rings. The van der Waals surface area contributed by atoms with Crippen LogP contribution in [0.2, 0.25) is 5.02 Å². The summed E-state index contributed by atoms with van der Waals surface area (Å²) >= 11 is 6.41. The number of hydrogen-bond donors (Lipinski definition) is 0. The van der Waals surface area contributed by atoms with Crippen LogP contribution in [0.1, 0.15) is 23.7 Å². The Morgan fingerprint density at radius 1 is 1.00 bits per heavy atom. The number of anilines is 1. The van der Waals surface area contributed by atoms with Crippen LogP contribution in [0.4, 0.5) is 10.1 Å². The number of fused-ring (bicyclic) bond motifs is 1. The van der Waals surface area contributed by atoms with Crippen LogP contribution < -0.4 is 4.90 Å². The number of nitrogens with zero attached hydrogens (tertiary/aromatic N) is 3. The van der Waals surface area contributed by atoms with Crippen molar-refractivity contribution in [2.45, 2.75) is 18.9 Å². The summed E-state index contributed by atoms with van der Waals surface area (Å²) in [5.74, 6) is 0.202. The van der Waals surface area contributed by atoms with E-state index in [1.807, 2.05) is 48.5 Å². The van der Waals surface area contributed by atoms with E-state index in [1.165, 1.54) is 11.0 Å². The lowest BCUT2D eigenvalue weighted by Crippen LogP contribution is -2.25. The van der Waals surface area contributed by atoms with Crippen molar-refractivity contribution in [3.63, 3.8) is 0 Å². The topological polar surface area (TPSA) is 38.1 Å². The number of hydrogen-bond acceptors (Lipinski definition) is 2. The second-order valence-electron chi connectivity index (χ2n) is 7.49. The standard InChI is InChI=1S/C24H19ClFN3O/c25-18-8-2-1-7-16(18)14-29-22-12-6-4-10-20(22)27-24(29)17-13-23(30)28(15-17)21-11-5-3-9-19(21)26/h1-12,17H,13-15H2/t17-/m0/s1. The highest BCUT2D eigenvalue weighted by Gasteiger charge is 2.35. The monoisotopic (exact) mass is 419 g/mol. The zero-order valence-electron chi connectivity index (χ0n) is 16.1. The van der Waals surface area contributed by atoms with Gasteiger partial charge in [-0.15, -0.1) is 0 Å². The van der Waals surface area contributed by atoms with Gasteiger partial charge < -0.3 is 9.47 Å². The fourth-order valence-electron chi connectivity index (χ4n) is 4.15. The molecule has 0 saturated carbocycles. The number of rotatable bonds is 4. The van der Waals surface area contributed by atoms with Crippen molar-refractivity contribution in [1.82, 2.24) is 9.55 Å². The van der Waals surface area contributed by atoms with Crippen LogP contribution in [0.15, 0.2) is 72.8 Å². The molecule has 1 amide bonds. The van der Waals surface area contributed by atoms with Gasteiger partial charge in [-0.05, 0) is 35.9 Å². The Morgan fingerprint density at radius 2 is 1.73 bits per heavy atom. The predicted octanol–water partition coefficient (Wildman–Crippen LogP) is 5.40. The molecule has 1 saturated heterocycles. The lowest BCUT2D eigenvalue weighted by Gasteiger charge is -2.18. The summed E-state index contributed by atoms with van der Waals surface area (Å²) in [6.07, 6.45) is 0.292. The van der Waals surface area contributed by atoms with Crippen molar-refractivity contribution in [2.24, 2.45) is 0 Å². The summed E-state index contributed by atoms with van der Waals surface area (Å²) in [7, 11) is 0. The van der Waals surface area contributed by atoms with Gasteiger partial charge in [0.05, 0.1) is 23.3 Å². The number of aromatic nitrogens is 2. The van der Waals surface area contributed by atoms with Gasteiger partial charge in [0.25, 0.3) is 0 Å². The summed E-state index contributed by atoms with van der Waals surface area (Å²) < 4.78 is 16.4. The molecular weight excluding hydrogens is 401 g/mol. The molecule has 4 nitrogen and oxygen atoms in total. The van der Waals surface area contributed by atoms with Crippen LogP contribution in [-0.2, 0) is 11.3 Å². The maximum atomic E-state index is 14.3. The van der Waals surface area contributed by atoms with Crippen molar-refractivity contribution in [2.75, 3.05) is 11.4 Å². The number of imidazole rings is 1. The second-order valence-corrected chi connectivity index (χ2v) is 7.90. The molecule has 0 N–H and O–H groups in total. The number of benzene rings is 3. The average molecular weight is 420 g/mol. The average Bonchev–Trinajstić information content (AvgIpc) is 3.31. The van der Waals surface area contributed by atoms with E-state index >= 15 is 0 Å². The largest absolute Gasteiger partial charge is 0.323 e. The Hall–Kier alpha value is -3.18. The van der Waals surface area contributed by atoms with Gasteiger partial charge in [-0.2, -0.15) is 0 Å². The molecule has 0 aliphatic carbocycles. The Kier molecular flexibility index (Phi) is 4.75. The summed E-state index contributed by atoms with van der Waals surface area (Å²) in [4.78, 5) is 19.1. The fraction of sp³-hybridized carbons (Fsp3) is 0.167. The first kappa shape index (κ1) is 18.8. The van der Waals surface area contributed by atoms with E-state index in [0.717, 1.165) is 22.4 Å². The zero-order valence-corrected chi connectivity index (χ0v) is 16.9. The minimum Gasteiger partial charge on any atom is -0.323 e. The Morgan fingerprint density at radius 3 is 2.57 bits per heavy atom. The van der Waals surface area contributed by atoms with E-state index in [-0.39, 0.29) is 11.8 Å². The Labute approximate surface area is 178 Å². The van der Waals surface area contributed by atoms with E-state index in [4.69, 9.17) is 16.6 Å². The zero-order chi connectivity index (χ0) is 20.7. The van der Waals surface area contributed by atoms with E-state index < -0.39 is 5.82 Å². The number of amides is 1. The lowest BCUT2D eigenvalue weighted by molar-refractivity contribution is -0.117. The van der Waals surface area contributed by atoms with Gasteiger partial charge >= 0.3 is 0 Å². The van der Waals surface area contributed by atoms with Gasteiger partial charge in [0, 0.05) is 23.9 Å². The highest BCUT2D eigenvalue weighted by atomic mass is 35.5. The van der Waals surface area contributed by atoms with E-state index in [9.17, 15) is 9.18 Å². The van der Waals surface area contributed by atoms with Crippen molar-refractivity contribution in [3.8, 4) is 0 Å². The predicted molar refractivity (Wildman–Crippen MR) is 116 cm³/mol. The molecule has 1 atom stereocenters. The van der Waals surface area contributed by atoms with Crippen LogP contribution in [0.3, 0.4) is 0 Å². The molecule has 5 rings (SSSR count). The molecule has 0 bridgehead atoms. The van der Waals surface area contributed by atoms with Gasteiger partial charge in [-0.25, -0.2) is 9.37 Å². The highest BCUT2D eigenvalue weighted by molar-refractivity contribution is 6.31. The second kappa shape index (κ2) is 7.58. The first-order valence-electron chi connectivity index (χ1n) is 9.85. The van der Waals surface area contributed by atoms with Crippen molar-refractivity contribution >= 4 is 34.2 Å². The molecule has 4 aromatic rings. The van der Waals surface area contributed by atoms with E-state index in [1.54, 1.807) is 18.2 Å². The van der Waals surface area contributed by atoms with Gasteiger partial charge in [-0.1, -0.05) is 54.1 Å². The third kappa shape index (κ3) is 3.25. The Balaban J connectivity index is 1.55. The smallest absolute Gasteiger partial charge is 0.227 e. The molecule has 150 valence electrons. The molecule has 0 unspecified atom stereocenters. The molecule has 3 aromatic carbocycles. The molecule has 6 heteroatoms. The van der Waals surface area contributed by atoms with Crippen LogP contribution in [0, 0.1) is 5.82 Å². The molecule has 1 aliphatic rings. The third-order valence-electron chi connectivity index (χ3n) is 5.60. The molecule has 0 radical (unpaired) electrons. The first-order valence-corrected chi connectivity index (χ1v) is 10.2. The Bertz CT molecular complexity index is 1250. The summed E-state index contributed by atoms with van der Waals surface area (Å²) in [6, 6.07) is 22.0. The van der Waals surface area contributed by atoms with Crippen LogP contribution >= 0.6 is 11.6 Å². The van der Waals surface area contributed by atoms with Crippen molar-refractivity contribution < 1.29 is 9.18 Å². The van der Waals surface area contributed by atoms with Crippen LogP contribution in [-0.4, -0.2) is 22.0 Å². The molecule has 1 aliphatic heterocycles. The third-order valence-corrected chi connectivity index (χ3v) is 5.97. The molecule has 1 aromatic heterocycles. The summed E-state index contributed by atoms with van der Waals surface area (Å²) in [6.45, 7) is 0.950. The minimum atomic E-state index is -0.393. The minimum absolute atomic E-state index is 0.0959. The maximum Gasteiger partial charge on any atom is 0.227 e. The number of para-hydroxylation sites is 3. The maximum absolute atomic E-state index is 14.3. The number of halogens is 2. The lowest BCUT2D eigenvalue weighted by atomic mass is 10.1. The van der Waals surface area contributed by atoms with Crippen LogP contribution in [0.25, 0.3) is 11.0 Å². The van der Waals surface area contributed by atoms with E-state index in [0.29, 0.717) is 30.2 Å². The number of carbonyl (C=O) groups excluding carboxylic acids is 1. The van der Waals surface area contributed by atoms with Gasteiger partial charge in [-0.3, -0.25) is 4.79 Å². The van der Waals surface area contributed by atoms with Gasteiger partial charge in [0.15, 0.2) is 0 Å². The van der Waals surface area contributed by atoms with E-state index in [2.05, 4.69) is 4.57 Å². The molecular formula is C24H19ClFN3O. The fourth-order valence-corrected chi connectivity index (χ4v) is 4.35. The number of carbonyl (C=O) groups is 1. The molecule has 2 heterocycles. The highest BCUT2D eigenvalue weighted by Crippen LogP contribution is 2.34. The SMILES string of the molecule is O=C1C[C@H](c2nc3ccccc3n2Cc2ccccc2Cl)CN1c1ccccc1F. The van der Waals surface area contributed by atoms with Crippen LogP contribution in [0.5, 0.6) is 0 Å². The normalized spacial score (nSPS) is 16.5. The quantitative estimate of drug-likeness (QED) is 0.444. The van der Waals surface area contributed by atoms with Gasteiger partial charge in [0.1, 0.15) is 11.6 Å². The van der Waals surface area contributed by atoms with Crippen molar-refractivity contribution in [1.29, 1.82) is 0 Å². The first-order chi connectivity index (χ1) is 14.6. The molecule has 0 spiro atoms. The molecule has 30 heavy (non-hydrogen) atoms. The van der Waals surface area contributed by atoms with Crippen molar-refractivity contribution in [3.05, 3.63) is 95.0 Å². The summed E-state index contributed by atoms with van der Waals surface area (Å²) in [5, 5.41) is 0.691. The summed E-state index contributed by atoms with van der Waals surface area (Å²) in [5.41, 5.74) is 3.16. The van der Waals surface area contributed by atoms with Gasteiger partial charge in [0.2, 0.25) is 5.91 Å².